The predicted octanol–water partition coefficient (Wildman–Crippen LogP) is 0.670. The zero-order valence-corrected chi connectivity index (χ0v) is 6.62. The molecule has 60 valence electrons. The van der Waals surface area contributed by atoms with Gasteiger partial charge in [0.2, 0.25) is 0 Å². The van der Waals surface area contributed by atoms with Gasteiger partial charge in [0, 0.05) is 25.4 Å². The molecular weight excluding hydrogens is 138 g/mol. The highest BCUT2D eigenvalue weighted by atomic mass is 16.1. The van der Waals surface area contributed by atoms with Gasteiger partial charge < -0.3 is 0 Å². The lowest BCUT2D eigenvalue weighted by molar-refractivity contribution is -0.118. The van der Waals surface area contributed by atoms with Crippen LogP contribution in [-0.4, -0.2) is 29.8 Å². The fourth-order valence-electron chi connectivity index (χ4n) is 3.21. The molecule has 1 aliphatic carbocycles. The number of rotatable bonds is 0. The normalized spacial score (nSPS) is 53.6. The molecule has 3 aliphatic rings. The summed E-state index contributed by atoms with van der Waals surface area (Å²) in [6, 6.07) is 0.668. The Morgan fingerprint density at radius 1 is 1.36 bits per heavy atom. The predicted molar refractivity (Wildman–Crippen MR) is 41.2 cm³/mol. The summed E-state index contributed by atoms with van der Waals surface area (Å²) in [4.78, 5) is 13.7. The van der Waals surface area contributed by atoms with Gasteiger partial charge in [-0.05, 0) is 24.8 Å². The Hall–Kier alpha value is -0.370. The summed E-state index contributed by atoms with van der Waals surface area (Å²) in [5, 5.41) is 0. The van der Waals surface area contributed by atoms with Crippen LogP contribution in [-0.2, 0) is 4.79 Å². The molecule has 2 heterocycles. The van der Waals surface area contributed by atoms with Crippen LogP contribution < -0.4 is 0 Å². The highest BCUT2D eigenvalue weighted by Gasteiger charge is 2.50. The van der Waals surface area contributed by atoms with Crippen LogP contribution in [0.3, 0.4) is 0 Å². The van der Waals surface area contributed by atoms with E-state index in [1.165, 1.54) is 19.5 Å². The van der Waals surface area contributed by atoms with Crippen molar-refractivity contribution in [2.75, 3.05) is 13.1 Å². The number of fused-ring (bicyclic) bond motifs is 5. The van der Waals surface area contributed by atoms with Crippen LogP contribution in [0.15, 0.2) is 0 Å². The number of Topliss-reactive ketones (excluding diaryl/α,β-unsaturated/α-hetero) is 1. The lowest BCUT2D eigenvalue weighted by Gasteiger charge is -2.25. The molecule has 0 aromatic rings. The molecule has 2 nitrogen and oxygen atoms in total. The van der Waals surface area contributed by atoms with E-state index >= 15 is 0 Å². The van der Waals surface area contributed by atoms with Gasteiger partial charge in [-0.2, -0.15) is 0 Å². The number of carbonyl (C=O) groups excluding carboxylic acids is 1. The van der Waals surface area contributed by atoms with E-state index in [0.717, 1.165) is 24.7 Å². The van der Waals surface area contributed by atoms with Crippen molar-refractivity contribution < 1.29 is 4.79 Å². The minimum absolute atomic E-state index is 0.511. The third-order valence-corrected chi connectivity index (χ3v) is 3.73. The van der Waals surface area contributed by atoms with Crippen molar-refractivity contribution >= 4 is 5.78 Å². The minimum atomic E-state index is 0.511. The highest BCUT2D eigenvalue weighted by molar-refractivity contribution is 5.82. The molecule has 0 N–H and O–H groups in total. The van der Waals surface area contributed by atoms with Crippen LogP contribution >= 0.6 is 0 Å². The Kier molecular flexibility index (Phi) is 1.05. The molecule has 3 fully saturated rings. The summed E-state index contributed by atoms with van der Waals surface area (Å²) in [5.74, 6) is 2.15. The summed E-state index contributed by atoms with van der Waals surface area (Å²) in [7, 11) is 0. The first-order valence-corrected chi connectivity index (χ1v) is 4.60. The van der Waals surface area contributed by atoms with Crippen LogP contribution in [0.1, 0.15) is 19.3 Å². The van der Waals surface area contributed by atoms with Gasteiger partial charge in [0.15, 0.2) is 0 Å². The fraction of sp³-hybridized carbons (Fsp3) is 0.889. The van der Waals surface area contributed by atoms with Gasteiger partial charge in [0.05, 0.1) is 0 Å². The Balaban J connectivity index is 1.92. The maximum atomic E-state index is 11.1. The maximum absolute atomic E-state index is 11.1. The fourth-order valence-corrected chi connectivity index (χ4v) is 3.21. The number of carbonyl (C=O) groups is 1. The SMILES string of the molecule is O=C1CC2C3CCN(C3)C2C1. The number of hydrogen-bond donors (Lipinski definition) is 0. The molecule has 4 unspecified atom stereocenters. The number of ketones is 1. The molecule has 4 atom stereocenters. The molecule has 2 bridgehead atoms. The Bertz CT molecular complexity index is 194. The van der Waals surface area contributed by atoms with Crippen LogP contribution in [0.2, 0.25) is 0 Å². The molecule has 2 heteroatoms. The summed E-state index contributed by atoms with van der Waals surface area (Å²) in [5.41, 5.74) is 0. The first-order chi connectivity index (χ1) is 5.34. The van der Waals surface area contributed by atoms with E-state index in [1.807, 2.05) is 0 Å². The number of piperidine rings is 1. The van der Waals surface area contributed by atoms with Gasteiger partial charge in [-0.3, -0.25) is 9.69 Å². The lowest BCUT2D eigenvalue weighted by atomic mass is 9.89. The zero-order chi connectivity index (χ0) is 7.42. The molecule has 0 radical (unpaired) electrons. The first kappa shape index (κ1) is 6.18. The van der Waals surface area contributed by atoms with E-state index in [2.05, 4.69) is 4.90 Å². The maximum Gasteiger partial charge on any atom is 0.134 e. The topological polar surface area (TPSA) is 20.3 Å². The van der Waals surface area contributed by atoms with Crippen molar-refractivity contribution in [3.63, 3.8) is 0 Å². The van der Waals surface area contributed by atoms with Gasteiger partial charge in [-0.25, -0.2) is 0 Å². The van der Waals surface area contributed by atoms with Crippen molar-refractivity contribution in [3.8, 4) is 0 Å². The first-order valence-electron chi connectivity index (χ1n) is 4.60. The second kappa shape index (κ2) is 1.86. The minimum Gasteiger partial charge on any atom is -0.300 e. The van der Waals surface area contributed by atoms with Gasteiger partial charge in [0.1, 0.15) is 5.78 Å². The number of hydrogen-bond acceptors (Lipinski definition) is 2. The van der Waals surface area contributed by atoms with Gasteiger partial charge in [0.25, 0.3) is 0 Å². The van der Waals surface area contributed by atoms with Gasteiger partial charge in [-0.15, -0.1) is 0 Å². The average molecular weight is 151 g/mol. The van der Waals surface area contributed by atoms with E-state index in [9.17, 15) is 4.79 Å². The Morgan fingerprint density at radius 2 is 2.27 bits per heavy atom. The van der Waals surface area contributed by atoms with Crippen LogP contribution in [0.25, 0.3) is 0 Å². The molecule has 2 aliphatic heterocycles. The van der Waals surface area contributed by atoms with E-state index in [4.69, 9.17) is 0 Å². The largest absolute Gasteiger partial charge is 0.300 e. The van der Waals surface area contributed by atoms with Crippen LogP contribution in [0.5, 0.6) is 0 Å². The summed E-state index contributed by atoms with van der Waals surface area (Å²) < 4.78 is 0. The van der Waals surface area contributed by atoms with Crippen molar-refractivity contribution in [3.05, 3.63) is 0 Å². The zero-order valence-electron chi connectivity index (χ0n) is 6.62. The monoisotopic (exact) mass is 151 g/mol. The molecule has 0 spiro atoms. The molecular formula is C9H13NO. The third kappa shape index (κ3) is 0.684. The Labute approximate surface area is 66.6 Å². The molecule has 3 rings (SSSR count). The number of nitrogens with zero attached hydrogens (tertiary/aromatic N) is 1. The molecule has 2 saturated heterocycles. The summed E-state index contributed by atoms with van der Waals surface area (Å²) in [6.07, 6.45) is 3.11. The van der Waals surface area contributed by atoms with Gasteiger partial charge in [-0.1, -0.05) is 0 Å². The van der Waals surface area contributed by atoms with Crippen LogP contribution in [0, 0.1) is 11.8 Å². The van der Waals surface area contributed by atoms with Crippen LogP contribution in [0.4, 0.5) is 0 Å². The molecule has 11 heavy (non-hydrogen) atoms. The van der Waals surface area contributed by atoms with E-state index in [1.54, 1.807) is 0 Å². The molecule has 0 aromatic carbocycles. The van der Waals surface area contributed by atoms with E-state index in [-0.39, 0.29) is 0 Å². The quantitative estimate of drug-likeness (QED) is 0.507. The van der Waals surface area contributed by atoms with E-state index < -0.39 is 0 Å². The lowest BCUT2D eigenvalue weighted by Crippen LogP contribution is -2.31. The second-order valence-corrected chi connectivity index (χ2v) is 4.22. The van der Waals surface area contributed by atoms with Crippen molar-refractivity contribution in [2.45, 2.75) is 25.3 Å². The third-order valence-electron chi connectivity index (χ3n) is 3.73. The summed E-state index contributed by atoms with van der Waals surface area (Å²) in [6.45, 7) is 2.56. The molecule has 0 aromatic heterocycles. The molecule has 0 amide bonds. The van der Waals surface area contributed by atoms with E-state index in [0.29, 0.717) is 11.8 Å². The van der Waals surface area contributed by atoms with Crippen molar-refractivity contribution in [1.29, 1.82) is 0 Å². The highest BCUT2D eigenvalue weighted by Crippen LogP contribution is 2.45. The molecule has 1 saturated carbocycles. The summed E-state index contributed by atoms with van der Waals surface area (Å²) >= 11 is 0. The Morgan fingerprint density at radius 3 is 3.09 bits per heavy atom. The van der Waals surface area contributed by atoms with Crippen molar-refractivity contribution in [1.82, 2.24) is 4.90 Å². The standard InChI is InChI=1S/C9H13NO/c11-7-3-8-6-1-2-10(5-6)9(8)4-7/h6,8-9H,1-5H2. The smallest absolute Gasteiger partial charge is 0.134 e. The van der Waals surface area contributed by atoms with Gasteiger partial charge >= 0.3 is 0 Å². The van der Waals surface area contributed by atoms with Crippen molar-refractivity contribution in [2.24, 2.45) is 11.8 Å². The average Bonchev–Trinajstić information content (AvgIpc) is 2.53. The second-order valence-electron chi connectivity index (χ2n) is 4.22.